The summed E-state index contributed by atoms with van der Waals surface area (Å²) in [7, 11) is 1.84. The summed E-state index contributed by atoms with van der Waals surface area (Å²) in [5, 5.41) is 6.90. The van der Waals surface area contributed by atoms with Crippen molar-refractivity contribution in [3.63, 3.8) is 0 Å². The highest BCUT2D eigenvalue weighted by molar-refractivity contribution is 14.0. The van der Waals surface area contributed by atoms with E-state index in [0.717, 1.165) is 38.0 Å². The average molecular weight is 454 g/mol. The van der Waals surface area contributed by atoms with Crippen molar-refractivity contribution in [3.8, 4) is 0 Å². The zero-order valence-corrected chi connectivity index (χ0v) is 18.6. The number of hydrogen-bond acceptors (Lipinski definition) is 3. The third kappa shape index (κ3) is 9.42. The normalized spacial score (nSPS) is 20.1. The predicted octanol–water partition coefficient (Wildman–Crippen LogP) is 2.95. The van der Waals surface area contributed by atoms with Gasteiger partial charge in [0.25, 0.3) is 0 Å². The minimum atomic E-state index is 0. The number of nitrogens with one attached hydrogen (secondary N) is 2. The maximum absolute atomic E-state index is 5.79. The molecule has 1 aliphatic rings. The van der Waals surface area contributed by atoms with Gasteiger partial charge >= 0.3 is 0 Å². The van der Waals surface area contributed by atoms with Gasteiger partial charge in [-0.3, -0.25) is 4.99 Å². The average Bonchev–Trinajstić information content (AvgIpc) is 2.97. The SMILES string of the molecule is CCCN1CCC(CNC(=NC)NCCC(OCC)C(C)C)C1.I. The molecular weight excluding hydrogens is 415 g/mol. The number of halogens is 1. The number of guanidine groups is 1. The van der Waals surface area contributed by atoms with Crippen LogP contribution in [0.25, 0.3) is 0 Å². The zero-order valence-electron chi connectivity index (χ0n) is 16.3. The third-order valence-corrected chi connectivity index (χ3v) is 4.54. The highest BCUT2D eigenvalue weighted by Gasteiger charge is 2.21. The number of hydrogen-bond donors (Lipinski definition) is 2. The summed E-state index contributed by atoms with van der Waals surface area (Å²) in [5.74, 6) is 2.21. The number of aliphatic imine (C=N–C) groups is 1. The van der Waals surface area contributed by atoms with Gasteiger partial charge in [-0.05, 0) is 51.1 Å². The first-order valence-corrected chi connectivity index (χ1v) is 9.39. The smallest absolute Gasteiger partial charge is 0.190 e. The molecule has 2 unspecified atom stereocenters. The second kappa shape index (κ2) is 14.1. The van der Waals surface area contributed by atoms with Crippen molar-refractivity contribution < 1.29 is 4.74 Å². The molecule has 5 nitrogen and oxygen atoms in total. The summed E-state index contributed by atoms with van der Waals surface area (Å²) in [6.45, 7) is 15.1. The van der Waals surface area contributed by atoms with E-state index in [1.54, 1.807) is 0 Å². The van der Waals surface area contributed by atoms with Gasteiger partial charge in [-0.25, -0.2) is 0 Å². The lowest BCUT2D eigenvalue weighted by molar-refractivity contribution is 0.0258. The molecule has 0 saturated carbocycles. The summed E-state index contributed by atoms with van der Waals surface area (Å²) in [4.78, 5) is 6.90. The molecule has 1 heterocycles. The van der Waals surface area contributed by atoms with Crippen LogP contribution < -0.4 is 10.6 Å². The Balaban J connectivity index is 0.00000529. The van der Waals surface area contributed by atoms with Gasteiger partial charge in [-0.2, -0.15) is 0 Å². The molecule has 0 aromatic heterocycles. The monoisotopic (exact) mass is 454 g/mol. The molecule has 0 bridgehead atoms. The lowest BCUT2D eigenvalue weighted by Gasteiger charge is -2.22. The minimum Gasteiger partial charge on any atom is -0.378 e. The van der Waals surface area contributed by atoms with Crippen LogP contribution in [0.2, 0.25) is 0 Å². The van der Waals surface area contributed by atoms with Crippen LogP contribution in [0.15, 0.2) is 4.99 Å². The minimum absolute atomic E-state index is 0. The molecule has 0 spiro atoms. The van der Waals surface area contributed by atoms with Crippen molar-refractivity contribution in [2.45, 2.75) is 53.1 Å². The zero-order chi connectivity index (χ0) is 17.1. The standard InChI is InChI=1S/C18H38N4O.HI/c1-6-11-22-12-9-16(14-22)13-21-18(19-5)20-10-8-17(15(3)4)23-7-2;/h15-17H,6-14H2,1-5H3,(H2,19,20,21);1H. The predicted molar refractivity (Wildman–Crippen MR) is 114 cm³/mol. The van der Waals surface area contributed by atoms with Crippen molar-refractivity contribution in [2.75, 3.05) is 46.4 Å². The summed E-state index contributed by atoms with van der Waals surface area (Å²) in [6.07, 6.45) is 3.88. The molecule has 144 valence electrons. The first kappa shape index (κ1) is 23.9. The third-order valence-electron chi connectivity index (χ3n) is 4.54. The Kier molecular flexibility index (Phi) is 14.1. The highest BCUT2D eigenvalue weighted by Crippen LogP contribution is 2.15. The largest absolute Gasteiger partial charge is 0.378 e. The van der Waals surface area contributed by atoms with Crippen LogP contribution in [0.5, 0.6) is 0 Å². The van der Waals surface area contributed by atoms with Crippen LogP contribution in [0.1, 0.15) is 47.0 Å². The molecule has 1 aliphatic heterocycles. The molecule has 2 N–H and O–H groups in total. The van der Waals surface area contributed by atoms with Gasteiger partial charge in [-0.1, -0.05) is 20.8 Å². The molecule has 0 radical (unpaired) electrons. The van der Waals surface area contributed by atoms with E-state index < -0.39 is 0 Å². The van der Waals surface area contributed by atoms with Gasteiger partial charge in [0.05, 0.1) is 6.10 Å². The van der Waals surface area contributed by atoms with E-state index >= 15 is 0 Å². The van der Waals surface area contributed by atoms with E-state index in [1.807, 2.05) is 7.05 Å². The van der Waals surface area contributed by atoms with Crippen LogP contribution in [0, 0.1) is 11.8 Å². The Morgan fingerprint density at radius 3 is 2.62 bits per heavy atom. The number of rotatable bonds is 10. The van der Waals surface area contributed by atoms with Crippen LogP contribution in [-0.4, -0.2) is 63.3 Å². The quantitative estimate of drug-likeness (QED) is 0.303. The molecule has 1 fully saturated rings. The molecule has 0 aromatic rings. The summed E-state index contributed by atoms with van der Waals surface area (Å²) in [5.41, 5.74) is 0. The van der Waals surface area contributed by atoms with Crippen LogP contribution >= 0.6 is 24.0 Å². The Bertz CT molecular complexity index is 339. The first-order valence-electron chi connectivity index (χ1n) is 9.39. The maximum Gasteiger partial charge on any atom is 0.190 e. The van der Waals surface area contributed by atoms with Crippen LogP contribution in [-0.2, 0) is 4.74 Å². The molecular formula is C18H39IN4O. The van der Waals surface area contributed by atoms with Crippen LogP contribution in [0.4, 0.5) is 0 Å². The lowest BCUT2D eigenvalue weighted by Crippen LogP contribution is -2.41. The van der Waals surface area contributed by atoms with E-state index in [4.69, 9.17) is 4.74 Å². The van der Waals surface area contributed by atoms with Crippen molar-refractivity contribution in [1.82, 2.24) is 15.5 Å². The fourth-order valence-corrected chi connectivity index (χ4v) is 3.22. The molecule has 0 amide bonds. The van der Waals surface area contributed by atoms with E-state index in [2.05, 4.69) is 48.2 Å². The molecule has 1 rings (SSSR count). The van der Waals surface area contributed by atoms with Gasteiger partial charge in [0.2, 0.25) is 0 Å². The van der Waals surface area contributed by atoms with E-state index in [0.29, 0.717) is 12.0 Å². The fraction of sp³-hybridized carbons (Fsp3) is 0.944. The Morgan fingerprint density at radius 2 is 2.04 bits per heavy atom. The van der Waals surface area contributed by atoms with Gasteiger partial charge in [0, 0.05) is 33.3 Å². The van der Waals surface area contributed by atoms with Crippen molar-refractivity contribution in [1.29, 1.82) is 0 Å². The molecule has 0 aromatic carbocycles. The van der Waals surface area contributed by atoms with Crippen LogP contribution in [0.3, 0.4) is 0 Å². The van der Waals surface area contributed by atoms with Gasteiger partial charge in [-0.15, -0.1) is 24.0 Å². The van der Waals surface area contributed by atoms with E-state index in [-0.39, 0.29) is 24.0 Å². The Hall–Kier alpha value is -0.0800. The topological polar surface area (TPSA) is 48.9 Å². The van der Waals surface area contributed by atoms with Gasteiger partial charge in [0.1, 0.15) is 0 Å². The molecule has 0 aliphatic carbocycles. The Labute approximate surface area is 166 Å². The van der Waals surface area contributed by atoms with Gasteiger partial charge < -0.3 is 20.3 Å². The molecule has 2 atom stereocenters. The lowest BCUT2D eigenvalue weighted by atomic mass is 10.0. The molecule has 1 saturated heterocycles. The number of likely N-dealkylation sites (tertiary alicyclic amines) is 1. The summed E-state index contributed by atoms with van der Waals surface area (Å²) in [6, 6.07) is 0. The highest BCUT2D eigenvalue weighted by atomic mass is 127. The maximum atomic E-state index is 5.79. The van der Waals surface area contributed by atoms with Crippen molar-refractivity contribution in [2.24, 2.45) is 16.8 Å². The van der Waals surface area contributed by atoms with E-state index in [1.165, 1.54) is 32.5 Å². The number of ether oxygens (including phenoxy) is 1. The number of nitrogens with zero attached hydrogens (tertiary/aromatic N) is 2. The van der Waals surface area contributed by atoms with E-state index in [9.17, 15) is 0 Å². The van der Waals surface area contributed by atoms with Crippen molar-refractivity contribution >= 4 is 29.9 Å². The first-order chi connectivity index (χ1) is 11.1. The summed E-state index contributed by atoms with van der Waals surface area (Å²) >= 11 is 0. The summed E-state index contributed by atoms with van der Waals surface area (Å²) < 4.78 is 5.79. The molecule has 6 heteroatoms. The van der Waals surface area contributed by atoms with Crippen molar-refractivity contribution in [3.05, 3.63) is 0 Å². The fourth-order valence-electron chi connectivity index (χ4n) is 3.22. The van der Waals surface area contributed by atoms with Gasteiger partial charge in [0.15, 0.2) is 5.96 Å². The second-order valence-corrected chi connectivity index (χ2v) is 6.86. The molecule has 24 heavy (non-hydrogen) atoms. The second-order valence-electron chi connectivity index (χ2n) is 6.86. The Morgan fingerprint density at radius 1 is 1.29 bits per heavy atom.